The molecule has 20 heavy (non-hydrogen) atoms. The predicted octanol–water partition coefficient (Wildman–Crippen LogP) is 3.01. The Morgan fingerprint density at radius 2 is 1.90 bits per heavy atom. The van der Waals surface area contributed by atoms with Crippen molar-refractivity contribution in [3.8, 4) is 0 Å². The molecule has 1 unspecified atom stereocenters. The SMILES string of the molecule is Cc1c(Br)cccc1C(O)c1ccc2[nH]c(=O)[nH]c2c1. The Hall–Kier alpha value is -1.85. The lowest BCUT2D eigenvalue weighted by molar-refractivity contribution is 0.219. The van der Waals surface area contributed by atoms with Crippen molar-refractivity contribution in [2.24, 2.45) is 0 Å². The van der Waals surface area contributed by atoms with E-state index in [-0.39, 0.29) is 5.69 Å². The normalized spacial score (nSPS) is 12.8. The number of halogens is 1. The van der Waals surface area contributed by atoms with Crippen molar-refractivity contribution in [2.45, 2.75) is 13.0 Å². The number of H-pyrrole nitrogens is 2. The summed E-state index contributed by atoms with van der Waals surface area (Å²) >= 11 is 3.47. The summed E-state index contributed by atoms with van der Waals surface area (Å²) in [6, 6.07) is 11.1. The number of nitrogens with one attached hydrogen (secondary N) is 2. The van der Waals surface area contributed by atoms with E-state index < -0.39 is 6.10 Å². The highest BCUT2D eigenvalue weighted by Crippen LogP contribution is 2.29. The van der Waals surface area contributed by atoms with E-state index in [0.29, 0.717) is 5.52 Å². The number of aromatic nitrogens is 2. The summed E-state index contributed by atoms with van der Waals surface area (Å²) < 4.78 is 0.963. The van der Waals surface area contributed by atoms with Crippen LogP contribution in [0.15, 0.2) is 45.7 Å². The van der Waals surface area contributed by atoms with Crippen LogP contribution in [0, 0.1) is 6.92 Å². The second-order valence-corrected chi connectivity index (χ2v) is 5.60. The summed E-state index contributed by atoms with van der Waals surface area (Å²) in [5, 5.41) is 10.5. The van der Waals surface area contributed by atoms with Crippen LogP contribution in [-0.4, -0.2) is 15.1 Å². The molecular formula is C15H13BrN2O2. The first-order chi connectivity index (χ1) is 9.56. The van der Waals surface area contributed by atoms with E-state index in [1.807, 2.05) is 31.2 Å². The number of aliphatic hydroxyl groups excluding tert-OH is 1. The number of aromatic amines is 2. The van der Waals surface area contributed by atoms with Gasteiger partial charge in [0.05, 0.1) is 11.0 Å². The predicted molar refractivity (Wildman–Crippen MR) is 81.9 cm³/mol. The summed E-state index contributed by atoms with van der Waals surface area (Å²) in [4.78, 5) is 16.6. The van der Waals surface area contributed by atoms with Gasteiger partial charge in [-0.3, -0.25) is 0 Å². The van der Waals surface area contributed by atoms with Crippen molar-refractivity contribution < 1.29 is 5.11 Å². The number of hydrogen-bond donors (Lipinski definition) is 3. The Bertz CT molecular complexity index is 835. The highest BCUT2D eigenvalue weighted by atomic mass is 79.9. The lowest BCUT2D eigenvalue weighted by atomic mass is 9.97. The van der Waals surface area contributed by atoms with Crippen LogP contribution < -0.4 is 5.69 Å². The first-order valence-corrected chi connectivity index (χ1v) is 7.00. The second kappa shape index (κ2) is 4.92. The highest BCUT2D eigenvalue weighted by Gasteiger charge is 2.15. The summed E-state index contributed by atoms with van der Waals surface area (Å²) in [7, 11) is 0. The average Bonchev–Trinajstić information content (AvgIpc) is 2.80. The Balaban J connectivity index is 2.09. The molecule has 3 aromatic rings. The van der Waals surface area contributed by atoms with Crippen LogP contribution in [0.25, 0.3) is 11.0 Å². The van der Waals surface area contributed by atoms with Crippen LogP contribution in [0.3, 0.4) is 0 Å². The number of imidazole rings is 1. The maximum atomic E-state index is 11.3. The quantitative estimate of drug-likeness (QED) is 0.675. The summed E-state index contributed by atoms with van der Waals surface area (Å²) in [5.41, 5.74) is 3.77. The van der Waals surface area contributed by atoms with Gasteiger partial charge in [0.25, 0.3) is 0 Å². The maximum Gasteiger partial charge on any atom is 0.323 e. The average molecular weight is 333 g/mol. The van der Waals surface area contributed by atoms with E-state index in [1.54, 1.807) is 12.1 Å². The molecule has 0 radical (unpaired) electrons. The van der Waals surface area contributed by atoms with Crippen LogP contribution in [0.1, 0.15) is 22.8 Å². The third-order valence-electron chi connectivity index (χ3n) is 3.46. The van der Waals surface area contributed by atoms with Gasteiger partial charge in [0.2, 0.25) is 0 Å². The van der Waals surface area contributed by atoms with E-state index in [0.717, 1.165) is 26.7 Å². The minimum atomic E-state index is -0.727. The van der Waals surface area contributed by atoms with Gasteiger partial charge < -0.3 is 15.1 Å². The van der Waals surface area contributed by atoms with E-state index in [4.69, 9.17) is 0 Å². The van der Waals surface area contributed by atoms with Crippen molar-refractivity contribution in [3.63, 3.8) is 0 Å². The number of aliphatic hydroxyl groups is 1. The molecule has 0 aliphatic heterocycles. The number of rotatable bonds is 2. The lowest BCUT2D eigenvalue weighted by Crippen LogP contribution is -2.02. The summed E-state index contributed by atoms with van der Waals surface area (Å²) in [6.45, 7) is 1.96. The monoisotopic (exact) mass is 332 g/mol. The topological polar surface area (TPSA) is 68.9 Å². The molecule has 3 rings (SSSR count). The molecule has 0 aliphatic carbocycles. The van der Waals surface area contributed by atoms with Crippen molar-refractivity contribution in [1.82, 2.24) is 9.97 Å². The lowest BCUT2D eigenvalue weighted by Gasteiger charge is -2.15. The van der Waals surface area contributed by atoms with Crippen LogP contribution >= 0.6 is 15.9 Å². The third kappa shape index (κ3) is 2.19. The van der Waals surface area contributed by atoms with E-state index in [9.17, 15) is 9.90 Å². The molecule has 1 heterocycles. The van der Waals surface area contributed by atoms with Crippen molar-refractivity contribution in [3.05, 3.63) is 68.0 Å². The second-order valence-electron chi connectivity index (χ2n) is 4.74. The fourth-order valence-corrected chi connectivity index (χ4v) is 2.70. The largest absolute Gasteiger partial charge is 0.384 e. The molecule has 0 spiro atoms. The zero-order valence-corrected chi connectivity index (χ0v) is 12.4. The highest BCUT2D eigenvalue weighted by molar-refractivity contribution is 9.10. The molecule has 102 valence electrons. The zero-order valence-electron chi connectivity index (χ0n) is 10.8. The Kier molecular flexibility index (Phi) is 3.23. The third-order valence-corrected chi connectivity index (χ3v) is 4.32. The van der Waals surface area contributed by atoms with E-state index in [2.05, 4.69) is 25.9 Å². The molecule has 1 atom stereocenters. The first kappa shape index (κ1) is 13.1. The Morgan fingerprint density at radius 3 is 2.70 bits per heavy atom. The molecule has 1 aromatic heterocycles. The van der Waals surface area contributed by atoms with Gasteiger partial charge in [-0.2, -0.15) is 0 Å². The van der Waals surface area contributed by atoms with Gasteiger partial charge in [0.15, 0.2) is 0 Å². The standard InChI is InChI=1S/C15H13BrN2O2/c1-8-10(3-2-4-11(8)16)14(19)9-5-6-12-13(7-9)18-15(20)17-12/h2-7,14,19H,1H3,(H2,17,18,20). The van der Waals surface area contributed by atoms with Gasteiger partial charge in [0, 0.05) is 4.47 Å². The Morgan fingerprint density at radius 1 is 1.15 bits per heavy atom. The van der Waals surface area contributed by atoms with Gasteiger partial charge in [0.1, 0.15) is 6.10 Å². The molecule has 0 amide bonds. The van der Waals surface area contributed by atoms with Crippen LogP contribution in [-0.2, 0) is 0 Å². The smallest absolute Gasteiger partial charge is 0.323 e. The first-order valence-electron chi connectivity index (χ1n) is 6.21. The van der Waals surface area contributed by atoms with Crippen molar-refractivity contribution >= 4 is 27.0 Å². The van der Waals surface area contributed by atoms with Gasteiger partial charge in [-0.05, 0) is 41.8 Å². The molecule has 0 saturated heterocycles. The van der Waals surface area contributed by atoms with E-state index >= 15 is 0 Å². The van der Waals surface area contributed by atoms with Crippen molar-refractivity contribution in [1.29, 1.82) is 0 Å². The summed E-state index contributed by atoms with van der Waals surface area (Å²) in [5.74, 6) is 0. The molecule has 3 N–H and O–H groups in total. The van der Waals surface area contributed by atoms with Crippen LogP contribution in [0.2, 0.25) is 0 Å². The minimum absolute atomic E-state index is 0.245. The molecule has 0 aliphatic rings. The minimum Gasteiger partial charge on any atom is -0.384 e. The van der Waals surface area contributed by atoms with Crippen molar-refractivity contribution in [2.75, 3.05) is 0 Å². The molecule has 0 fully saturated rings. The van der Waals surface area contributed by atoms with Gasteiger partial charge in [-0.15, -0.1) is 0 Å². The molecular weight excluding hydrogens is 320 g/mol. The van der Waals surface area contributed by atoms with Gasteiger partial charge >= 0.3 is 5.69 Å². The molecule has 5 heteroatoms. The van der Waals surface area contributed by atoms with Gasteiger partial charge in [-0.25, -0.2) is 4.79 Å². The van der Waals surface area contributed by atoms with Gasteiger partial charge in [-0.1, -0.05) is 34.1 Å². The number of benzene rings is 2. The number of hydrogen-bond acceptors (Lipinski definition) is 2. The maximum absolute atomic E-state index is 11.3. The molecule has 4 nitrogen and oxygen atoms in total. The fraction of sp³-hybridized carbons (Fsp3) is 0.133. The number of fused-ring (bicyclic) bond motifs is 1. The Labute approximate surface area is 123 Å². The van der Waals surface area contributed by atoms with E-state index in [1.165, 1.54) is 0 Å². The summed E-state index contributed by atoms with van der Waals surface area (Å²) in [6.07, 6.45) is -0.727. The molecule has 0 saturated carbocycles. The van der Waals surface area contributed by atoms with Crippen LogP contribution in [0.4, 0.5) is 0 Å². The van der Waals surface area contributed by atoms with Crippen LogP contribution in [0.5, 0.6) is 0 Å². The molecule has 2 aromatic carbocycles. The fourth-order valence-electron chi connectivity index (χ4n) is 2.32. The molecule has 0 bridgehead atoms. The zero-order chi connectivity index (χ0) is 14.3.